The monoisotopic (exact) mass is 367 g/mol. The topological polar surface area (TPSA) is 102 Å². The number of amides is 2. The van der Waals surface area contributed by atoms with Crippen molar-refractivity contribution in [2.45, 2.75) is 6.92 Å². The van der Waals surface area contributed by atoms with Gasteiger partial charge in [0.25, 0.3) is 11.8 Å². The molecule has 8 nitrogen and oxygen atoms in total. The molecule has 0 atom stereocenters. The number of aromatic nitrogens is 1. The first kappa shape index (κ1) is 18.6. The van der Waals surface area contributed by atoms with Crippen LogP contribution in [0.25, 0.3) is 0 Å². The van der Waals surface area contributed by atoms with E-state index in [1.54, 1.807) is 42.2 Å². The van der Waals surface area contributed by atoms with Crippen molar-refractivity contribution in [3.05, 3.63) is 52.9 Å². The fraction of sp³-hybridized carbons (Fsp3) is 0.368. The van der Waals surface area contributed by atoms with E-state index in [2.05, 4.69) is 15.4 Å². The molecule has 0 unspecified atom stereocenters. The molecule has 1 saturated heterocycles. The zero-order valence-corrected chi connectivity index (χ0v) is 15.1. The maximum atomic E-state index is 12.3. The molecule has 1 aliphatic heterocycles. The van der Waals surface area contributed by atoms with E-state index in [1.807, 2.05) is 6.07 Å². The molecule has 0 saturated carbocycles. The summed E-state index contributed by atoms with van der Waals surface area (Å²) in [6, 6.07) is 10.3. The summed E-state index contributed by atoms with van der Waals surface area (Å²) in [4.78, 5) is 28.4. The van der Waals surface area contributed by atoms with Crippen molar-refractivity contribution in [3.63, 3.8) is 0 Å². The molecular weight excluding hydrogens is 346 g/mol. The van der Waals surface area contributed by atoms with Gasteiger partial charge in [0.2, 0.25) is 0 Å². The molecule has 140 valence electrons. The molecule has 2 aromatic rings. The second-order valence-corrected chi connectivity index (χ2v) is 6.41. The number of benzene rings is 1. The van der Waals surface area contributed by atoms with Gasteiger partial charge in [-0.1, -0.05) is 11.2 Å². The van der Waals surface area contributed by atoms with Crippen LogP contribution in [0.3, 0.4) is 0 Å². The highest BCUT2D eigenvalue weighted by Gasteiger charge is 2.24. The van der Waals surface area contributed by atoms with Crippen LogP contribution in [0.5, 0.6) is 0 Å². The second kappa shape index (κ2) is 8.47. The van der Waals surface area contributed by atoms with Gasteiger partial charge in [-0.15, -0.1) is 0 Å². The van der Waals surface area contributed by atoms with E-state index >= 15 is 0 Å². The molecule has 2 amide bonds. The fourth-order valence-electron chi connectivity index (χ4n) is 2.96. The molecule has 3 rings (SSSR count). The summed E-state index contributed by atoms with van der Waals surface area (Å²) in [7, 11) is 0. The summed E-state index contributed by atoms with van der Waals surface area (Å²) in [6.45, 7) is 5.67. The normalized spacial score (nSPS) is 14.6. The van der Waals surface area contributed by atoms with Crippen LogP contribution in [0.4, 0.5) is 0 Å². The molecule has 1 aromatic heterocycles. The maximum absolute atomic E-state index is 12.3. The highest BCUT2D eigenvalue weighted by molar-refractivity contribution is 5.94. The number of rotatable bonds is 5. The van der Waals surface area contributed by atoms with E-state index in [4.69, 9.17) is 9.78 Å². The summed E-state index contributed by atoms with van der Waals surface area (Å²) in [5.41, 5.74) is 1.28. The van der Waals surface area contributed by atoms with Crippen LogP contribution in [0.1, 0.15) is 32.2 Å². The molecule has 0 radical (unpaired) electrons. The van der Waals surface area contributed by atoms with Crippen LogP contribution in [0.2, 0.25) is 0 Å². The lowest BCUT2D eigenvalue weighted by Crippen LogP contribution is -2.50. The first-order chi connectivity index (χ1) is 13.1. The fourth-order valence-corrected chi connectivity index (χ4v) is 2.96. The minimum atomic E-state index is -0.192. The highest BCUT2D eigenvalue weighted by atomic mass is 16.5. The smallest absolute Gasteiger partial charge is 0.276 e. The first-order valence-corrected chi connectivity index (χ1v) is 8.80. The lowest BCUT2D eigenvalue weighted by Gasteiger charge is -2.34. The van der Waals surface area contributed by atoms with Crippen LogP contribution >= 0.6 is 0 Å². The minimum absolute atomic E-state index is 0.114. The van der Waals surface area contributed by atoms with E-state index in [9.17, 15) is 9.59 Å². The van der Waals surface area contributed by atoms with E-state index < -0.39 is 0 Å². The van der Waals surface area contributed by atoms with Crippen molar-refractivity contribution in [2.75, 3.05) is 39.3 Å². The molecule has 2 heterocycles. The molecular formula is C19H21N5O3. The van der Waals surface area contributed by atoms with Gasteiger partial charge in [-0.2, -0.15) is 5.26 Å². The largest absolute Gasteiger partial charge is 0.361 e. The Hall–Kier alpha value is -3.18. The first-order valence-electron chi connectivity index (χ1n) is 8.80. The Morgan fingerprint density at radius 3 is 2.70 bits per heavy atom. The van der Waals surface area contributed by atoms with Crippen molar-refractivity contribution in [1.82, 2.24) is 20.3 Å². The Morgan fingerprint density at radius 2 is 2.04 bits per heavy atom. The molecule has 1 aliphatic rings. The number of carbonyl (C=O) groups excluding carboxylic acids is 2. The lowest BCUT2D eigenvalue weighted by molar-refractivity contribution is 0.0628. The molecule has 0 bridgehead atoms. The number of nitriles is 1. The zero-order chi connectivity index (χ0) is 19.2. The quantitative estimate of drug-likeness (QED) is 0.847. The summed E-state index contributed by atoms with van der Waals surface area (Å²) in [5.74, 6) is 0.313. The molecule has 0 aliphatic carbocycles. The average Bonchev–Trinajstić information content (AvgIpc) is 3.14. The summed E-state index contributed by atoms with van der Waals surface area (Å²) in [5, 5.41) is 15.5. The average molecular weight is 367 g/mol. The van der Waals surface area contributed by atoms with E-state index in [0.717, 1.165) is 13.1 Å². The van der Waals surface area contributed by atoms with Crippen LogP contribution in [0.15, 0.2) is 34.9 Å². The van der Waals surface area contributed by atoms with Crippen molar-refractivity contribution >= 4 is 11.8 Å². The number of hydrogen-bond donors (Lipinski definition) is 1. The molecule has 1 aromatic carbocycles. The molecule has 27 heavy (non-hydrogen) atoms. The zero-order valence-electron chi connectivity index (χ0n) is 15.1. The summed E-state index contributed by atoms with van der Waals surface area (Å²) in [6.07, 6.45) is 0. The van der Waals surface area contributed by atoms with E-state index in [-0.39, 0.29) is 11.8 Å². The van der Waals surface area contributed by atoms with Gasteiger partial charge in [0.1, 0.15) is 5.76 Å². The SMILES string of the molecule is Cc1cc(C(=O)N2CCN(CCNC(=O)c3cccc(C#N)c3)CC2)no1. The number of hydrogen-bond acceptors (Lipinski definition) is 6. The maximum Gasteiger partial charge on any atom is 0.276 e. The van der Waals surface area contributed by atoms with E-state index in [1.165, 1.54) is 0 Å². The summed E-state index contributed by atoms with van der Waals surface area (Å²) >= 11 is 0. The number of piperazine rings is 1. The third-order valence-corrected chi connectivity index (χ3v) is 4.47. The Kier molecular flexibility index (Phi) is 5.84. The Morgan fingerprint density at radius 1 is 1.26 bits per heavy atom. The van der Waals surface area contributed by atoms with Crippen molar-refractivity contribution in [2.24, 2.45) is 0 Å². The third kappa shape index (κ3) is 4.71. The standard InChI is InChI=1S/C19H21N5O3/c1-14-11-17(22-27-14)19(26)24-9-7-23(8-10-24)6-5-21-18(25)16-4-2-3-15(12-16)13-20/h2-4,11-12H,5-10H2,1H3,(H,21,25). The minimum Gasteiger partial charge on any atom is -0.361 e. The predicted octanol–water partition coefficient (Wildman–Crippen LogP) is 1.04. The molecule has 1 fully saturated rings. The molecule has 1 N–H and O–H groups in total. The number of nitrogens with one attached hydrogen (secondary N) is 1. The van der Waals surface area contributed by atoms with Crippen molar-refractivity contribution < 1.29 is 14.1 Å². The van der Waals surface area contributed by atoms with Gasteiger partial charge in [-0.3, -0.25) is 14.5 Å². The van der Waals surface area contributed by atoms with Gasteiger partial charge >= 0.3 is 0 Å². The van der Waals surface area contributed by atoms with Gasteiger partial charge in [0.05, 0.1) is 11.6 Å². The lowest BCUT2D eigenvalue weighted by atomic mass is 10.1. The van der Waals surface area contributed by atoms with Crippen LogP contribution in [0, 0.1) is 18.3 Å². The summed E-state index contributed by atoms with van der Waals surface area (Å²) < 4.78 is 4.96. The number of aryl methyl sites for hydroxylation is 1. The Bertz CT molecular complexity index is 862. The number of carbonyl (C=O) groups is 2. The van der Waals surface area contributed by atoms with Crippen LogP contribution in [-0.2, 0) is 0 Å². The third-order valence-electron chi connectivity index (χ3n) is 4.47. The van der Waals surface area contributed by atoms with Gasteiger partial charge in [0, 0.05) is 50.9 Å². The van der Waals surface area contributed by atoms with Gasteiger partial charge < -0.3 is 14.7 Å². The van der Waals surface area contributed by atoms with Crippen LogP contribution in [-0.4, -0.2) is 66.0 Å². The van der Waals surface area contributed by atoms with Crippen LogP contribution < -0.4 is 5.32 Å². The van der Waals surface area contributed by atoms with Crippen molar-refractivity contribution in [3.8, 4) is 6.07 Å². The van der Waals surface area contributed by atoms with Gasteiger partial charge in [-0.25, -0.2) is 0 Å². The second-order valence-electron chi connectivity index (χ2n) is 6.41. The molecule has 8 heteroatoms. The van der Waals surface area contributed by atoms with Gasteiger partial charge in [0.15, 0.2) is 5.69 Å². The Labute approximate surface area is 157 Å². The van der Waals surface area contributed by atoms with E-state index in [0.29, 0.717) is 48.8 Å². The number of nitrogens with zero attached hydrogens (tertiary/aromatic N) is 4. The highest BCUT2D eigenvalue weighted by Crippen LogP contribution is 2.09. The Balaban J connectivity index is 1.41. The predicted molar refractivity (Wildman–Crippen MR) is 97.1 cm³/mol. The van der Waals surface area contributed by atoms with Crippen molar-refractivity contribution in [1.29, 1.82) is 5.26 Å². The molecule has 0 spiro atoms. The van der Waals surface area contributed by atoms with Gasteiger partial charge in [-0.05, 0) is 25.1 Å².